The van der Waals surface area contributed by atoms with Gasteiger partial charge in [-0.15, -0.1) is 11.3 Å². The Labute approximate surface area is 231 Å². The van der Waals surface area contributed by atoms with Gasteiger partial charge in [0.2, 0.25) is 0 Å². The molecular weight excluding hydrogens is 506 g/mol. The molecule has 6 atom stereocenters. The van der Waals surface area contributed by atoms with Gasteiger partial charge in [-0.3, -0.25) is 9.59 Å². The third-order valence-electron chi connectivity index (χ3n) is 8.55. The summed E-state index contributed by atoms with van der Waals surface area (Å²) in [6.07, 6.45) is 4.56. The molecule has 0 spiro atoms. The number of hydrogen-bond donors (Lipinski definition) is 2. The molecule has 37 heavy (non-hydrogen) atoms. The summed E-state index contributed by atoms with van der Waals surface area (Å²) in [4.78, 5) is 31.0. The summed E-state index contributed by atoms with van der Waals surface area (Å²) in [6.45, 7) is 15.6. The monoisotopic (exact) mass is 553 g/mol. The quantitative estimate of drug-likeness (QED) is 0.330. The van der Waals surface area contributed by atoms with E-state index in [0.29, 0.717) is 6.42 Å². The molecule has 2 N–H and O–H groups in total. The zero-order valence-electron chi connectivity index (χ0n) is 24.0. The molecule has 1 aromatic heterocycles. The van der Waals surface area contributed by atoms with Crippen molar-refractivity contribution in [2.45, 2.75) is 110 Å². The lowest BCUT2D eigenvalue weighted by molar-refractivity contribution is -0.155. The summed E-state index contributed by atoms with van der Waals surface area (Å²) < 4.78 is 6.97. The Bertz CT molecular complexity index is 954. The highest BCUT2D eigenvalue weighted by Crippen LogP contribution is 2.39. The molecular formula is C29H47NO5S2. The van der Waals surface area contributed by atoms with E-state index >= 15 is 0 Å². The number of nitrogens with zero attached hydrogens (tertiary/aromatic N) is 1. The van der Waals surface area contributed by atoms with Gasteiger partial charge in [0.1, 0.15) is 16.2 Å². The molecule has 0 aromatic carbocycles. The number of Topliss-reactive ketones (excluding diaryl/α,β-unsaturated/α-hetero) is 1. The van der Waals surface area contributed by atoms with Gasteiger partial charge in [0.15, 0.2) is 0 Å². The summed E-state index contributed by atoms with van der Waals surface area (Å²) in [7, 11) is 0. The van der Waals surface area contributed by atoms with Crippen LogP contribution in [-0.4, -0.2) is 51.5 Å². The Morgan fingerprint density at radius 2 is 1.84 bits per heavy atom. The molecule has 2 rings (SSSR count). The van der Waals surface area contributed by atoms with E-state index in [1.165, 1.54) is 0 Å². The fraction of sp³-hybridized carbons (Fsp3) is 0.759. The number of ether oxygens (including phenoxy) is 1. The van der Waals surface area contributed by atoms with Crippen molar-refractivity contribution >= 4 is 40.9 Å². The SMILES string of the molecule is CSc1nc(/C=C(\C)[C@@H]2C[C@H](C)C(C)(C)CCC[C@H](C)[C@H](O)[C@@H](C)C(=O)C(C)(C)[C@@H](O)CC(=O)O2)cs1. The van der Waals surface area contributed by atoms with Crippen molar-refractivity contribution in [2.24, 2.45) is 28.6 Å². The summed E-state index contributed by atoms with van der Waals surface area (Å²) in [5, 5.41) is 23.9. The van der Waals surface area contributed by atoms with Gasteiger partial charge in [-0.25, -0.2) is 4.98 Å². The number of aliphatic hydroxyl groups is 2. The highest BCUT2D eigenvalue weighted by Gasteiger charge is 2.42. The third-order valence-corrected chi connectivity index (χ3v) is 10.4. The summed E-state index contributed by atoms with van der Waals surface area (Å²) in [5.74, 6) is -1.21. The van der Waals surface area contributed by atoms with Crippen molar-refractivity contribution in [3.8, 4) is 0 Å². The highest BCUT2D eigenvalue weighted by atomic mass is 32.2. The Morgan fingerprint density at radius 3 is 2.43 bits per heavy atom. The molecule has 1 aliphatic rings. The van der Waals surface area contributed by atoms with Crippen LogP contribution in [0.1, 0.15) is 93.2 Å². The van der Waals surface area contributed by atoms with Crippen LogP contribution in [-0.2, 0) is 14.3 Å². The van der Waals surface area contributed by atoms with Crippen LogP contribution in [0.25, 0.3) is 6.08 Å². The van der Waals surface area contributed by atoms with Gasteiger partial charge >= 0.3 is 5.97 Å². The Morgan fingerprint density at radius 1 is 1.19 bits per heavy atom. The molecule has 0 bridgehead atoms. The first kappa shape index (κ1) is 32.0. The lowest BCUT2D eigenvalue weighted by Gasteiger charge is -2.37. The molecule has 1 aliphatic heterocycles. The van der Waals surface area contributed by atoms with E-state index in [-0.39, 0.29) is 29.5 Å². The molecule has 8 heteroatoms. The number of hydrogen-bond acceptors (Lipinski definition) is 8. The van der Waals surface area contributed by atoms with E-state index in [9.17, 15) is 19.8 Å². The topological polar surface area (TPSA) is 96.7 Å². The first-order chi connectivity index (χ1) is 17.1. The second-order valence-electron chi connectivity index (χ2n) is 12.2. The van der Waals surface area contributed by atoms with E-state index in [1.807, 2.05) is 31.6 Å². The number of aromatic nitrogens is 1. The summed E-state index contributed by atoms with van der Waals surface area (Å²) in [6, 6.07) is 0. The van der Waals surface area contributed by atoms with Crippen molar-refractivity contribution in [1.29, 1.82) is 0 Å². The van der Waals surface area contributed by atoms with Crippen LogP contribution in [0.4, 0.5) is 0 Å². The Balaban J connectivity index is 2.39. The Kier molecular flexibility index (Phi) is 11.4. The molecule has 0 aliphatic carbocycles. The minimum absolute atomic E-state index is 0.0116. The van der Waals surface area contributed by atoms with Crippen molar-refractivity contribution in [3.63, 3.8) is 0 Å². The maximum Gasteiger partial charge on any atom is 0.309 e. The van der Waals surface area contributed by atoms with Crippen LogP contribution in [0.3, 0.4) is 0 Å². The van der Waals surface area contributed by atoms with Gasteiger partial charge in [-0.2, -0.15) is 0 Å². The van der Waals surface area contributed by atoms with E-state index in [1.54, 1.807) is 43.9 Å². The fourth-order valence-electron chi connectivity index (χ4n) is 5.04. The predicted molar refractivity (Wildman–Crippen MR) is 153 cm³/mol. The van der Waals surface area contributed by atoms with E-state index < -0.39 is 35.6 Å². The van der Waals surface area contributed by atoms with Crippen LogP contribution in [0, 0.1) is 28.6 Å². The summed E-state index contributed by atoms with van der Waals surface area (Å²) in [5.41, 5.74) is 0.545. The zero-order chi connectivity index (χ0) is 28.1. The molecule has 2 heterocycles. The molecule has 0 unspecified atom stereocenters. The minimum atomic E-state index is -1.22. The Hall–Kier alpha value is -1.22. The lowest BCUT2D eigenvalue weighted by Crippen LogP contribution is -2.45. The second kappa shape index (κ2) is 13.2. The first-order valence-corrected chi connectivity index (χ1v) is 15.5. The number of thiazole rings is 1. The van der Waals surface area contributed by atoms with Crippen molar-refractivity contribution in [2.75, 3.05) is 6.26 Å². The largest absolute Gasteiger partial charge is 0.458 e. The van der Waals surface area contributed by atoms with Gasteiger partial charge in [-0.05, 0) is 61.3 Å². The van der Waals surface area contributed by atoms with Gasteiger partial charge in [-0.1, -0.05) is 66.6 Å². The van der Waals surface area contributed by atoms with Crippen LogP contribution < -0.4 is 0 Å². The second-order valence-corrected chi connectivity index (χ2v) is 14.1. The normalized spacial score (nSPS) is 32.7. The number of rotatable bonds is 3. The number of carbonyl (C=O) groups excluding carboxylic acids is 2. The standard InChI is InChI=1S/C29H47NO5S2/c1-17-11-10-12-28(5,6)19(3)14-22(18(2)13-21-16-37-27(30-21)36-9)35-24(32)15-23(31)29(7,8)26(34)20(4)25(17)33/h13,16-17,19-20,22-23,25,31,33H,10-12,14-15H2,1-9H3/b18-13+/t17-,19-,20+,22-,23-,25-/m0/s1. The predicted octanol–water partition coefficient (Wildman–Crippen LogP) is 6.40. The highest BCUT2D eigenvalue weighted by molar-refractivity contribution is 8.00. The average Bonchev–Trinajstić information content (AvgIpc) is 3.28. The van der Waals surface area contributed by atoms with E-state index in [2.05, 4.69) is 25.8 Å². The molecule has 1 aromatic rings. The number of carbonyl (C=O) groups is 2. The number of aliphatic hydroxyl groups excluding tert-OH is 2. The van der Waals surface area contributed by atoms with E-state index in [0.717, 1.165) is 34.9 Å². The molecule has 210 valence electrons. The van der Waals surface area contributed by atoms with Gasteiger partial charge in [0.25, 0.3) is 0 Å². The smallest absolute Gasteiger partial charge is 0.309 e. The fourth-order valence-corrected chi connectivity index (χ4v) is 6.26. The van der Waals surface area contributed by atoms with Crippen LogP contribution in [0.2, 0.25) is 0 Å². The number of esters is 1. The number of cyclic esters (lactones) is 1. The van der Waals surface area contributed by atoms with Gasteiger partial charge < -0.3 is 14.9 Å². The molecule has 0 saturated carbocycles. The van der Waals surface area contributed by atoms with Crippen molar-refractivity contribution in [1.82, 2.24) is 4.98 Å². The molecule has 1 fully saturated rings. The van der Waals surface area contributed by atoms with Crippen LogP contribution >= 0.6 is 23.1 Å². The molecule has 6 nitrogen and oxygen atoms in total. The molecule has 1 saturated heterocycles. The summed E-state index contributed by atoms with van der Waals surface area (Å²) >= 11 is 3.18. The minimum Gasteiger partial charge on any atom is -0.458 e. The van der Waals surface area contributed by atoms with Gasteiger partial charge in [0.05, 0.1) is 29.7 Å². The molecule has 0 radical (unpaired) electrons. The zero-order valence-corrected chi connectivity index (χ0v) is 25.7. The third kappa shape index (κ3) is 8.38. The maximum absolute atomic E-state index is 13.3. The van der Waals surface area contributed by atoms with Crippen LogP contribution in [0.15, 0.2) is 15.3 Å². The maximum atomic E-state index is 13.3. The molecule has 0 amide bonds. The van der Waals surface area contributed by atoms with Crippen molar-refractivity contribution in [3.05, 3.63) is 16.6 Å². The first-order valence-electron chi connectivity index (χ1n) is 13.4. The van der Waals surface area contributed by atoms with E-state index in [4.69, 9.17) is 4.74 Å². The number of ketones is 1. The average molecular weight is 554 g/mol. The van der Waals surface area contributed by atoms with Crippen LogP contribution in [0.5, 0.6) is 0 Å². The number of thioether (sulfide) groups is 1. The lowest BCUT2D eigenvalue weighted by atomic mass is 9.71. The van der Waals surface area contributed by atoms with Crippen molar-refractivity contribution < 1.29 is 24.5 Å². The van der Waals surface area contributed by atoms with Gasteiger partial charge in [0, 0.05) is 11.3 Å².